The van der Waals surface area contributed by atoms with Crippen molar-refractivity contribution < 1.29 is 24.2 Å². The maximum absolute atomic E-state index is 12.0. The molecule has 0 unspecified atom stereocenters. The second kappa shape index (κ2) is 7.23. The van der Waals surface area contributed by atoms with Crippen LogP contribution in [0.1, 0.15) is 29.0 Å². The van der Waals surface area contributed by atoms with Gasteiger partial charge in [0, 0.05) is 17.4 Å². The molecule has 2 N–H and O–H groups in total. The molecule has 3 aromatic rings. The van der Waals surface area contributed by atoms with Crippen molar-refractivity contribution >= 4 is 22.7 Å². The topological polar surface area (TPSA) is 105 Å². The van der Waals surface area contributed by atoms with Gasteiger partial charge in [-0.3, -0.25) is 4.79 Å². The van der Waals surface area contributed by atoms with E-state index >= 15 is 0 Å². The van der Waals surface area contributed by atoms with E-state index in [9.17, 15) is 19.5 Å². The van der Waals surface area contributed by atoms with Gasteiger partial charge in [-0.25, -0.2) is 9.59 Å². The molecule has 0 radical (unpaired) electrons. The molecular weight excluding hydrogens is 336 g/mol. The molecule has 0 spiro atoms. The van der Waals surface area contributed by atoms with Gasteiger partial charge < -0.3 is 14.6 Å². The first-order valence-electron chi connectivity index (χ1n) is 8.07. The zero-order valence-corrected chi connectivity index (χ0v) is 13.8. The molecule has 0 bridgehead atoms. The molecule has 0 aliphatic rings. The van der Waals surface area contributed by atoms with Gasteiger partial charge in [0.15, 0.2) is 0 Å². The lowest BCUT2D eigenvalue weighted by Crippen LogP contribution is -2.09. The van der Waals surface area contributed by atoms with E-state index in [-0.39, 0.29) is 6.42 Å². The van der Waals surface area contributed by atoms with E-state index in [4.69, 9.17) is 9.52 Å². The molecule has 0 aliphatic carbocycles. The first-order chi connectivity index (χ1) is 12.5. The standard InChI is InChI=1S/C20H16O6/c21-16(22)7-3-4-12-8-10-13(11-9-12)17-14-5-1-2-6-15(14)20(25)26-18(17)19(23)24/h1-2,5-6,8-11H,3-4,7H2,(H,21,22)(H,23,24). The lowest BCUT2D eigenvalue weighted by molar-refractivity contribution is -0.137. The number of rotatable bonds is 6. The van der Waals surface area contributed by atoms with Gasteiger partial charge in [-0.15, -0.1) is 0 Å². The molecule has 0 saturated heterocycles. The minimum atomic E-state index is -1.31. The molecule has 132 valence electrons. The number of carbonyl (C=O) groups is 2. The minimum Gasteiger partial charge on any atom is -0.481 e. The average molecular weight is 352 g/mol. The van der Waals surface area contributed by atoms with E-state index in [0.717, 1.165) is 5.56 Å². The number of aryl methyl sites for hydroxylation is 1. The third kappa shape index (κ3) is 3.49. The van der Waals surface area contributed by atoms with E-state index in [1.807, 2.05) is 12.1 Å². The summed E-state index contributed by atoms with van der Waals surface area (Å²) in [4.78, 5) is 34.2. The molecule has 6 heteroatoms. The van der Waals surface area contributed by atoms with E-state index in [1.54, 1.807) is 36.4 Å². The average Bonchev–Trinajstić information content (AvgIpc) is 2.62. The van der Waals surface area contributed by atoms with Gasteiger partial charge >= 0.3 is 17.6 Å². The number of fused-ring (bicyclic) bond motifs is 1. The maximum Gasteiger partial charge on any atom is 0.372 e. The van der Waals surface area contributed by atoms with Gasteiger partial charge in [0.25, 0.3) is 0 Å². The Hall–Kier alpha value is -3.41. The molecule has 0 atom stereocenters. The van der Waals surface area contributed by atoms with E-state index < -0.39 is 23.3 Å². The Morgan fingerprint density at radius 1 is 0.923 bits per heavy atom. The lowest BCUT2D eigenvalue weighted by atomic mass is 9.96. The second-order valence-corrected chi connectivity index (χ2v) is 5.89. The van der Waals surface area contributed by atoms with Crippen molar-refractivity contribution in [3.63, 3.8) is 0 Å². The monoisotopic (exact) mass is 352 g/mol. The third-order valence-electron chi connectivity index (χ3n) is 4.13. The summed E-state index contributed by atoms with van der Waals surface area (Å²) in [6, 6.07) is 13.9. The highest BCUT2D eigenvalue weighted by atomic mass is 16.4. The maximum atomic E-state index is 12.0. The van der Waals surface area contributed by atoms with Crippen molar-refractivity contribution in [2.24, 2.45) is 0 Å². The van der Waals surface area contributed by atoms with Crippen LogP contribution in [0, 0.1) is 0 Å². The molecular formula is C20H16O6. The number of hydrogen-bond acceptors (Lipinski definition) is 4. The number of carboxylic acid groups (broad SMARTS) is 2. The number of aliphatic carboxylic acids is 1. The molecule has 26 heavy (non-hydrogen) atoms. The van der Waals surface area contributed by atoms with Crippen LogP contribution in [0.4, 0.5) is 0 Å². The largest absolute Gasteiger partial charge is 0.481 e. The quantitative estimate of drug-likeness (QED) is 0.703. The van der Waals surface area contributed by atoms with Crippen molar-refractivity contribution in [2.75, 3.05) is 0 Å². The molecule has 0 fully saturated rings. The number of aromatic carboxylic acids is 1. The van der Waals surface area contributed by atoms with E-state index in [0.29, 0.717) is 34.7 Å². The van der Waals surface area contributed by atoms with Crippen molar-refractivity contribution in [1.82, 2.24) is 0 Å². The zero-order chi connectivity index (χ0) is 18.7. The summed E-state index contributed by atoms with van der Waals surface area (Å²) >= 11 is 0. The number of benzene rings is 2. The van der Waals surface area contributed by atoms with Crippen LogP contribution >= 0.6 is 0 Å². The molecule has 0 aliphatic heterocycles. The fraction of sp³-hybridized carbons (Fsp3) is 0.150. The fourth-order valence-corrected chi connectivity index (χ4v) is 2.92. The van der Waals surface area contributed by atoms with Crippen LogP contribution in [0.2, 0.25) is 0 Å². The Balaban J connectivity index is 2.06. The summed E-state index contributed by atoms with van der Waals surface area (Å²) in [6.07, 6.45) is 1.24. The Morgan fingerprint density at radius 2 is 1.58 bits per heavy atom. The van der Waals surface area contributed by atoms with Gasteiger partial charge in [0.2, 0.25) is 5.76 Å². The SMILES string of the molecule is O=C(O)CCCc1ccc(-c2c(C(=O)O)oc(=O)c3ccccc23)cc1. The van der Waals surface area contributed by atoms with Gasteiger partial charge in [-0.2, -0.15) is 0 Å². The van der Waals surface area contributed by atoms with Gasteiger partial charge in [0.1, 0.15) is 0 Å². The Bertz CT molecular complexity index is 1030. The third-order valence-corrected chi connectivity index (χ3v) is 4.13. The molecule has 0 saturated carbocycles. The summed E-state index contributed by atoms with van der Waals surface area (Å²) in [7, 11) is 0. The van der Waals surface area contributed by atoms with E-state index in [1.165, 1.54) is 0 Å². The summed E-state index contributed by atoms with van der Waals surface area (Å²) in [5.41, 5.74) is 1.23. The summed E-state index contributed by atoms with van der Waals surface area (Å²) < 4.78 is 5.04. The van der Waals surface area contributed by atoms with Crippen LogP contribution in [0.3, 0.4) is 0 Å². The molecule has 1 heterocycles. The molecule has 6 nitrogen and oxygen atoms in total. The van der Waals surface area contributed by atoms with Crippen LogP contribution in [0.25, 0.3) is 21.9 Å². The van der Waals surface area contributed by atoms with Crippen molar-refractivity contribution in [3.8, 4) is 11.1 Å². The minimum absolute atomic E-state index is 0.0966. The number of carboxylic acids is 2. The predicted molar refractivity (Wildman–Crippen MR) is 95.5 cm³/mol. The summed E-state index contributed by atoms with van der Waals surface area (Å²) in [5, 5.41) is 19.0. The highest BCUT2D eigenvalue weighted by Crippen LogP contribution is 2.31. The Morgan fingerprint density at radius 3 is 2.19 bits per heavy atom. The Kier molecular flexibility index (Phi) is 4.84. The van der Waals surface area contributed by atoms with Gasteiger partial charge in [-0.05, 0) is 30.0 Å². The normalized spacial score (nSPS) is 10.8. The van der Waals surface area contributed by atoms with Gasteiger partial charge in [0.05, 0.1) is 5.39 Å². The Labute approximate surface area is 148 Å². The first-order valence-corrected chi connectivity index (χ1v) is 8.07. The zero-order valence-electron chi connectivity index (χ0n) is 13.8. The smallest absolute Gasteiger partial charge is 0.372 e. The molecule has 2 aromatic carbocycles. The van der Waals surface area contributed by atoms with Crippen LogP contribution in [0.15, 0.2) is 57.7 Å². The first kappa shape index (κ1) is 17.4. The van der Waals surface area contributed by atoms with Crippen molar-refractivity contribution in [3.05, 3.63) is 70.3 Å². The highest BCUT2D eigenvalue weighted by molar-refractivity contribution is 6.04. The predicted octanol–water partition coefficient (Wildman–Crippen LogP) is 3.57. The van der Waals surface area contributed by atoms with Crippen LogP contribution in [-0.2, 0) is 11.2 Å². The fourth-order valence-electron chi connectivity index (χ4n) is 2.92. The van der Waals surface area contributed by atoms with Gasteiger partial charge in [-0.1, -0.05) is 42.5 Å². The summed E-state index contributed by atoms with van der Waals surface area (Å²) in [5.74, 6) is -2.54. The second-order valence-electron chi connectivity index (χ2n) is 5.89. The van der Waals surface area contributed by atoms with Crippen LogP contribution in [-0.4, -0.2) is 22.2 Å². The lowest BCUT2D eigenvalue weighted by Gasteiger charge is -2.10. The van der Waals surface area contributed by atoms with Crippen molar-refractivity contribution in [2.45, 2.75) is 19.3 Å². The summed E-state index contributed by atoms with van der Waals surface area (Å²) in [6.45, 7) is 0. The molecule has 0 amide bonds. The highest BCUT2D eigenvalue weighted by Gasteiger charge is 2.20. The number of hydrogen-bond donors (Lipinski definition) is 2. The van der Waals surface area contributed by atoms with E-state index in [2.05, 4.69) is 0 Å². The van der Waals surface area contributed by atoms with Crippen molar-refractivity contribution in [1.29, 1.82) is 0 Å². The molecule has 3 rings (SSSR count). The molecule has 1 aromatic heterocycles. The van der Waals surface area contributed by atoms with Crippen LogP contribution < -0.4 is 5.63 Å². The van der Waals surface area contributed by atoms with Crippen LogP contribution in [0.5, 0.6) is 0 Å².